The molecule has 0 saturated heterocycles. The lowest BCUT2D eigenvalue weighted by atomic mass is 10.2. The molecule has 0 saturated carbocycles. The number of hydrogen-bond acceptors (Lipinski definition) is 7. The minimum Gasteiger partial charge on any atom is -0.493 e. The molecule has 0 radical (unpaired) electrons. The Morgan fingerprint density at radius 2 is 2.04 bits per heavy atom. The number of nitrogens with zero attached hydrogens (tertiary/aromatic N) is 2. The van der Waals surface area contributed by atoms with E-state index in [-0.39, 0.29) is 18.2 Å². The Morgan fingerprint density at radius 3 is 2.72 bits per heavy atom. The Kier molecular flexibility index (Phi) is 4.90. The molecule has 3 rings (SSSR count). The molecule has 0 aliphatic carbocycles. The zero-order chi connectivity index (χ0) is 17.8. The zero-order valence-electron chi connectivity index (χ0n) is 13.4. The molecule has 0 fully saturated rings. The number of H-pyrrole nitrogens is 1. The van der Waals surface area contributed by atoms with Crippen LogP contribution in [0, 0.1) is 0 Å². The molecule has 2 aromatic heterocycles. The maximum atomic E-state index is 11.8. The van der Waals surface area contributed by atoms with Crippen molar-refractivity contribution in [2.45, 2.75) is 6.61 Å². The predicted molar refractivity (Wildman–Crippen MR) is 87.8 cm³/mol. The highest BCUT2D eigenvalue weighted by Crippen LogP contribution is 2.31. The maximum Gasteiger partial charge on any atom is 0.355 e. The highest BCUT2D eigenvalue weighted by atomic mass is 35.5. The lowest BCUT2D eigenvalue weighted by Crippen LogP contribution is -2.05. The van der Waals surface area contributed by atoms with Crippen LogP contribution in [0.3, 0.4) is 0 Å². The van der Waals surface area contributed by atoms with E-state index < -0.39 is 5.97 Å². The number of aromatic amines is 1. The Hall–Kier alpha value is -3.00. The average Bonchev–Trinajstić information content (AvgIpc) is 3.28. The van der Waals surface area contributed by atoms with Crippen molar-refractivity contribution in [2.75, 3.05) is 14.2 Å². The second-order valence-electron chi connectivity index (χ2n) is 4.89. The van der Waals surface area contributed by atoms with Gasteiger partial charge in [-0.25, -0.2) is 4.79 Å². The molecule has 0 unspecified atom stereocenters. The predicted octanol–water partition coefficient (Wildman–Crippen LogP) is 3.09. The number of carbonyl (C=O) groups excluding carboxylic acids is 1. The summed E-state index contributed by atoms with van der Waals surface area (Å²) in [7, 11) is 3.09. The standard InChI is InChI=1S/C16H14ClN3O5/c1-22-12-4-3-9(5-13(12)23-2)15-19-14(25-20-15)8-24-16(21)11-6-10(17)7-18-11/h3-7,18H,8H2,1-2H3. The summed E-state index contributed by atoms with van der Waals surface area (Å²) in [6, 6.07) is 6.69. The van der Waals surface area contributed by atoms with Gasteiger partial charge in [-0.15, -0.1) is 0 Å². The lowest BCUT2D eigenvalue weighted by molar-refractivity contribution is 0.0423. The molecule has 1 N–H and O–H groups in total. The first-order valence-electron chi connectivity index (χ1n) is 7.16. The van der Waals surface area contributed by atoms with Gasteiger partial charge in [0.1, 0.15) is 5.69 Å². The SMILES string of the molecule is COc1ccc(-c2noc(COC(=O)c3cc(Cl)c[nH]3)n2)cc1OC. The summed E-state index contributed by atoms with van der Waals surface area (Å²) in [6.45, 7) is -0.157. The van der Waals surface area contributed by atoms with Crippen molar-refractivity contribution >= 4 is 17.6 Å². The maximum absolute atomic E-state index is 11.8. The second kappa shape index (κ2) is 7.27. The number of methoxy groups -OCH3 is 2. The van der Waals surface area contributed by atoms with E-state index in [1.54, 1.807) is 25.3 Å². The van der Waals surface area contributed by atoms with E-state index in [0.29, 0.717) is 27.9 Å². The normalized spacial score (nSPS) is 10.5. The fraction of sp³-hybridized carbons (Fsp3) is 0.188. The van der Waals surface area contributed by atoms with Crippen LogP contribution < -0.4 is 9.47 Å². The first-order valence-corrected chi connectivity index (χ1v) is 7.54. The number of esters is 1. The molecular weight excluding hydrogens is 350 g/mol. The van der Waals surface area contributed by atoms with Gasteiger partial charge < -0.3 is 23.7 Å². The van der Waals surface area contributed by atoms with E-state index in [1.807, 2.05) is 0 Å². The number of nitrogens with one attached hydrogen (secondary N) is 1. The van der Waals surface area contributed by atoms with Crippen molar-refractivity contribution < 1.29 is 23.5 Å². The quantitative estimate of drug-likeness (QED) is 0.671. The van der Waals surface area contributed by atoms with Crippen molar-refractivity contribution in [3.8, 4) is 22.9 Å². The molecule has 130 valence electrons. The summed E-state index contributed by atoms with van der Waals surface area (Å²) in [5, 5.41) is 4.29. The summed E-state index contributed by atoms with van der Waals surface area (Å²) in [4.78, 5) is 18.7. The topological polar surface area (TPSA) is 99.5 Å². The van der Waals surface area contributed by atoms with Crippen molar-refractivity contribution in [1.29, 1.82) is 0 Å². The van der Waals surface area contributed by atoms with E-state index in [2.05, 4.69) is 15.1 Å². The molecule has 0 bridgehead atoms. The van der Waals surface area contributed by atoms with E-state index in [4.69, 9.17) is 30.3 Å². The van der Waals surface area contributed by atoms with E-state index >= 15 is 0 Å². The Bertz CT molecular complexity index is 890. The van der Waals surface area contributed by atoms with Gasteiger partial charge in [0.15, 0.2) is 18.1 Å². The summed E-state index contributed by atoms with van der Waals surface area (Å²) >= 11 is 5.74. The van der Waals surface area contributed by atoms with Gasteiger partial charge in [0, 0.05) is 11.8 Å². The monoisotopic (exact) mass is 363 g/mol. The molecular formula is C16H14ClN3O5. The molecule has 25 heavy (non-hydrogen) atoms. The van der Waals surface area contributed by atoms with Crippen LogP contribution in [0.5, 0.6) is 11.5 Å². The smallest absolute Gasteiger partial charge is 0.355 e. The van der Waals surface area contributed by atoms with Crippen LogP contribution >= 0.6 is 11.6 Å². The first kappa shape index (κ1) is 16.8. The van der Waals surface area contributed by atoms with Gasteiger partial charge in [-0.2, -0.15) is 4.98 Å². The summed E-state index contributed by atoms with van der Waals surface area (Å²) < 4.78 is 20.6. The minimum atomic E-state index is -0.572. The molecule has 0 spiro atoms. The number of aromatic nitrogens is 3. The van der Waals surface area contributed by atoms with Crippen molar-refractivity contribution in [3.63, 3.8) is 0 Å². The molecule has 3 aromatic rings. The van der Waals surface area contributed by atoms with Gasteiger partial charge in [0.05, 0.1) is 19.2 Å². The molecule has 9 heteroatoms. The molecule has 1 aromatic carbocycles. The highest BCUT2D eigenvalue weighted by molar-refractivity contribution is 6.30. The van der Waals surface area contributed by atoms with Crippen molar-refractivity contribution in [2.24, 2.45) is 0 Å². The number of carbonyl (C=O) groups is 1. The van der Waals surface area contributed by atoms with Gasteiger partial charge in [-0.3, -0.25) is 0 Å². The Balaban J connectivity index is 1.69. The Morgan fingerprint density at radius 1 is 1.24 bits per heavy atom. The van der Waals surface area contributed by atoms with E-state index in [9.17, 15) is 4.79 Å². The number of benzene rings is 1. The molecule has 0 aliphatic rings. The third kappa shape index (κ3) is 3.74. The minimum absolute atomic E-state index is 0.157. The second-order valence-corrected chi connectivity index (χ2v) is 5.33. The largest absolute Gasteiger partial charge is 0.493 e. The van der Waals surface area contributed by atoms with Crippen LogP contribution in [0.25, 0.3) is 11.4 Å². The fourth-order valence-electron chi connectivity index (χ4n) is 2.10. The van der Waals surface area contributed by atoms with Crippen molar-refractivity contribution in [3.05, 3.63) is 47.1 Å². The van der Waals surface area contributed by atoms with E-state index in [0.717, 1.165) is 0 Å². The summed E-state index contributed by atoms with van der Waals surface area (Å²) in [6.07, 6.45) is 1.49. The first-order chi connectivity index (χ1) is 12.1. The van der Waals surface area contributed by atoms with Crippen LogP contribution in [0.2, 0.25) is 5.02 Å². The van der Waals surface area contributed by atoms with Gasteiger partial charge in [-0.1, -0.05) is 16.8 Å². The average molecular weight is 364 g/mol. The molecule has 0 aliphatic heterocycles. The van der Waals surface area contributed by atoms with E-state index in [1.165, 1.54) is 19.4 Å². The van der Waals surface area contributed by atoms with Gasteiger partial charge >= 0.3 is 5.97 Å². The van der Waals surface area contributed by atoms with Crippen molar-refractivity contribution in [1.82, 2.24) is 15.1 Å². The molecule has 2 heterocycles. The number of halogens is 1. The fourth-order valence-corrected chi connectivity index (χ4v) is 2.26. The number of rotatable bonds is 6. The van der Waals surface area contributed by atoms with Crippen LogP contribution in [0.15, 0.2) is 35.0 Å². The van der Waals surface area contributed by atoms with Crippen LogP contribution in [-0.2, 0) is 11.3 Å². The number of hydrogen-bond donors (Lipinski definition) is 1. The number of ether oxygens (including phenoxy) is 3. The molecule has 0 amide bonds. The summed E-state index contributed by atoms with van der Waals surface area (Å²) in [5.74, 6) is 1.07. The van der Waals surface area contributed by atoms with Crippen LogP contribution in [0.4, 0.5) is 0 Å². The zero-order valence-corrected chi connectivity index (χ0v) is 14.2. The van der Waals surface area contributed by atoms with Crippen LogP contribution in [-0.4, -0.2) is 35.3 Å². The third-order valence-electron chi connectivity index (χ3n) is 3.30. The third-order valence-corrected chi connectivity index (χ3v) is 3.52. The lowest BCUT2D eigenvalue weighted by Gasteiger charge is -2.07. The van der Waals surface area contributed by atoms with Gasteiger partial charge in [0.25, 0.3) is 5.89 Å². The molecule has 8 nitrogen and oxygen atoms in total. The highest BCUT2D eigenvalue weighted by Gasteiger charge is 2.15. The van der Waals surface area contributed by atoms with Gasteiger partial charge in [0.2, 0.25) is 5.82 Å². The van der Waals surface area contributed by atoms with Crippen LogP contribution in [0.1, 0.15) is 16.4 Å². The Labute approximate surface area is 147 Å². The summed E-state index contributed by atoms with van der Waals surface area (Å²) in [5.41, 5.74) is 0.916. The molecule has 0 atom stereocenters. The van der Waals surface area contributed by atoms with Gasteiger partial charge in [-0.05, 0) is 24.3 Å².